The fraction of sp³-hybridized carbons (Fsp3) is 0.294. The van der Waals surface area contributed by atoms with Crippen molar-refractivity contribution in [3.63, 3.8) is 0 Å². The molecule has 1 aliphatic heterocycles. The van der Waals surface area contributed by atoms with E-state index in [-0.39, 0.29) is 27.9 Å². The SMILES string of the molecule is O=S(=O)(c1ccc(F)cc1)C1CCCN(S(=O)(=O)c2ccccc2Cl)C1. The Kier molecular flexibility index (Phi) is 5.39. The molecule has 0 radical (unpaired) electrons. The lowest BCUT2D eigenvalue weighted by Gasteiger charge is -2.31. The predicted octanol–water partition coefficient (Wildman–Crippen LogP) is 3.11. The van der Waals surface area contributed by atoms with Gasteiger partial charge in [-0.05, 0) is 49.2 Å². The molecule has 0 bridgehead atoms. The van der Waals surface area contributed by atoms with Crippen molar-refractivity contribution in [2.45, 2.75) is 27.9 Å². The summed E-state index contributed by atoms with van der Waals surface area (Å²) in [6.45, 7) is 0.0657. The Morgan fingerprint density at radius 3 is 2.31 bits per heavy atom. The van der Waals surface area contributed by atoms with Crippen molar-refractivity contribution in [1.29, 1.82) is 0 Å². The van der Waals surface area contributed by atoms with Crippen molar-refractivity contribution in [3.05, 3.63) is 59.4 Å². The number of benzene rings is 2. The minimum atomic E-state index is -3.90. The summed E-state index contributed by atoms with van der Waals surface area (Å²) in [6.07, 6.45) is 0.753. The summed E-state index contributed by atoms with van der Waals surface area (Å²) in [5.41, 5.74) is 0. The molecule has 1 unspecified atom stereocenters. The topological polar surface area (TPSA) is 71.5 Å². The number of nitrogens with zero attached hydrogens (tertiary/aromatic N) is 1. The van der Waals surface area contributed by atoms with E-state index in [9.17, 15) is 21.2 Å². The zero-order valence-corrected chi connectivity index (χ0v) is 16.1. The monoisotopic (exact) mass is 417 g/mol. The smallest absolute Gasteiger partial charge is 0.223 e. The highest BCUT2D eigenvalue weighted by molar-refractivity contribution is 7.92. The fourth-order valence-corrected chi connectivity index (χ4v) is 6.85. The summed E-state index contributed by atoms with van der Waals surface area (Å²) in [5.74, 6) is -0.532. The first kappa shape index (κ1) is 19.3. The highest BCUT2D eigenvalue weighted by Crippen LogP contribution is 2.30. The van der Waals surface area contributed by atoms with Gasteiger partial charge in [-0.3, -0.25) is 0 Å². The van der Waals surface area contributed by atoms with Gasteiger partial charge in [0.15, 0.2) is 9.84 Å². The van der Waals surface area contributed by atoms with Gasteiger partial charge in [-0.15, -0.1) is 0 Å². The van der Waals surface area contributed by atoms with Crippen LogP contribution in [0.1, 0.15) is 12.8 Å². The van der Waals surface area contributed by atoms with Crippen LogP contribution in [0.2, 0.25) is 5.02 Å². The quantitative estimate of drug-likeness (QED) is 0.716. The molecule has 2 aromatic carbocycles. The van der Waals surface area contributed by atoms with Crippen molar-refractivity contribution in [2.24, 2.45) is 0 Å². The average molecular weight is 418 g/mol. The van der Waals surface area contributed by atoms with Crippen molar-refractivity contribution < 1.29 is 21.2 Å². The number of hydrogen-bond donors (Lipinski definition) is 0. The van der Waals surface area contributed by atoms with Gasteiger partial charge in [-0.2, -0.15) is 4.31 Å². The van der Waals surface area contributed by atoms with E-state index in [0.717, 1.165) is 16.4 Å². The average Bonchev–Trinajstić information content (AvgIpc) is 2.62. The molecule has 2 aromatic rings. The molecule has 26 heavy (non-hydrogen) atoms. The normalized spacial score (nSPS) is 19.4. The Bertz CT molecular complexity index is 1010. The maximum atomic E-state index is 13.1. The van der Waals surface area contributed by atoms with E-state index in [1.165, 1.54) is 24.3 Å². The summed E-state index contributed by atoms with van der Waals surface area (Å²) in [5, 5.41) is -0.796. The van der Waals surface area contributed by atoms with Crippen LogP contribution in [0.3, 0.4) is 0 Å². The second kappa shape index (κ2) is 7.26. The fourth-order valence-electron chi connectivity index (χ4n) is 2.99. The molecule has 9 heteroatoms. The van der Waals surface area contributed by atoms with Gasteiger partial charge in [0.25, 0.3) is 0 Å². The zero-order valence-electron chi connectivity index (χ0n) is 13.7. The number of piperidine rings is 1. The second-order valence-electron chi connectivity index (χ2n) is 6.06. The molecule has 0 spiro atoms. The van der Waals surface area contributed by atoms with E-state index in [4.69, 9.17) is 11.6 Å². The van der Waals surface area contributed by atoms with E-state index in [0.29, 0.717) is 12.8 Å². The molecular weight excluding hydrogens is 401 g/mol. The van der Waals surface area contributed by atoms with Crippen LogP contribution in [-0.2, 0) is 19.9 Å². The standard InChI is InChI=1S/C17H17ClFNO4S2/c18-16-5-1-2-6-17(16)26(23,24)20-11-3-4-15(12-20)25(21,22)14-9-7-13(19)8-10-14/h1-2,5-10,15H,3-4,11-12H2. The molecule has 1 fully saturated rings. The number of halogens is 2. The van der Waals surface area contributed by atoms with E-state index in [1.807, 2.05) is 0 Å². The largest absolute Gasteiger partial charge is 0.244 e. The summed E-state index contributed by atoms with van der Waals surface area (Å²) in [7, 11) is -7.67. The van der Waals surface area contributed by atoms with Gasteiger partial charge in [0.05, 0.1) is 15.2 Å². The summed E-state index contributed by atoms with van der Waals surface area (Å²) >= 11 is 6.01. The molecule has 1 atom stereocenters. The van der Waals surface area contributed by atoms with Crippen molar-refractivity contribution in [1.82, 2.24) is 4.31 Å². The Morgan fingerprint density at radius 2 is 1.65 bits per heavy atom. The first-order valence-corrected chi connectivity index (χ1v) is 11.3. The molecule has 0 amide bonds. The number of rotatable bonds is 4. The Hall–Kier alpha value is -1.48. The zero-order chi connectivity index (χ0) is 18.9. The third kappa shape index (κ3) is 3.64. The number of hydrogen-bond acceptors (Lipinski definition) is 4. The van der Waals surface area contributed by atoms with Gasteiger partial charge < -0.3 is 0 Å². The summed E-state index contributed by atoms with van der Waals surface area (Å²) in [4.78, 5) is -0.0533. The van der Waals surface area contributed by atoms with Gasteiger partial charge in [0.1, 0.15) is 10.7 Å². The lowest BCUT2D eigenvalue weighted by atomic mass is 10.2. The van der Waals surface area contributed by atoms with Crippen LogP contribution in [0.25, 0.3) is 0 Å². The maximum absolute atomic E-state index is 13.1. The Morgan fingerprint density at radius 1 is 1.00 bits per heavy atom. The Balaban J connectivity index is 1.90. The number of sulfonamides is 1. The van der Waals surface area contributed by atoms with Crippen LogP contribution in [0, 0.1) is 5.82 Å². The lowest BCUT2D eigenvalue weighted by molar-refractivity contribution is 0.346. The van der Waals surface area contributed by atoms with Gasteiger partial charge in [0.2, 0.25) is 10.0 Å². The van der Waals surface area contributed by atoms with Gasteiger partial charge in [-0.1, -0.05) is 23.7 Å². The van der Waals surface area contributed by atoms with Crippen molar-refractivity contribution >= 4 is 31.5 Å². The maximum Gasteiger partial charge on any atom is 0.244 e. The summed E-state index contributed by atoms with van der Waals surface area (Å²) < 4.78 is 65.5. The number of sulfone groups is 1. The third-order valence-electron chi connectivity index (χ3n) is 4.38. The first-order chi connectivity index (χ1) is 12.2. The lowest BCUT2D eigenvalue weighted by Crippen LogP contribution is -2.45. The Labute approximate surface area is 157 Å². The van der Waals surface area contributed by atoms with Crippen LogP contribution < -0.4 is 0 Å². The molecule has 0 aliphatic carbocycles. The highest BCUT2D eigenvalue weighted by Gasteiger charge is 2.37. The van der Waals surface area contributed by atoms with Crippen molar-refractivity contribution in [2.75, 3.05) is 13.1 Å². The molecule has 1 aliphatic rings. The van der Waals surface area contributed by atoms with E-state index >= 15 is 0 Å². The van der Waals surface area contributed by atoms with Crippen molar-refractivity contribution in [3.8, 4) is 0 Å². The van der Waals surface area contributed by atoms with Crippen LogP contribution >= 0.6 is 11.6 Å². The van der Waals surface area contributed by atoms with E-state index in [2.05, 4.69) is 0 Å². The molecule has 0 saturated carbocycles. The van der Waals surface area contributed by atoms with Gasteiger partial charge in [-0.25, -0.2) is 21.2 Å². The van der Waals surface area contributed by atoms with E-state index in [1.54, 1.807) is 12.1 Å². The van der Waals surface area contributed by atoms with Gasteiger partial charge >= 0.3 is 0 Å². The minimum absolute atomic E-state index is 0.0131. The van der Waals surface area contributed by atoms with Crippen LogP contribution in [0.4, 0.5) is 4.39 Å². The van der Waals surface area contributed by atoms with Gasteiger partial charge in [0, 0.05) is 13.1 Å². The molecular formula is C17H17ClFNO4S2. The second-order valence-corrected chi connectivity index (χ2v) is 10.6. The predicted molar refractivity (Wildman–Crippen MR) is 96.8 cm³/mol. The van der Waals surface area contributed by atoms with Crippen LogP contribution in [0.15, 0.2) is 58.3 Å². The third-order valence-corrected chi connectivity index (χ3v) is 8.93. The first-order valence-electron chi connectivity index (χ1n) is 7.97. The molecule has 0 aromatic heterocycles. The minimum Gasteiger partial charge on any atom is -0.223 e. The van der Waals surface area contributed by atoms with Crippen LogP contribution in [-0.4, -0.2) is 39.5 Å². The van der Waals surface area contributed by atoms with E-state index < -0.39 is 30.9 Å². The molecule has 3 rings (SSSR count). The highest BCUT2D eigenvalue weighted by atomic mass is 35.5. The molecule has 140 valence electrons. The molecule has 1 heterocycles. The van der Waals surface area contributed by atoms with Crippen LogP contribution in [0.5, 0.6) is 0 Å². The molecule has 0 N–H and O–H groups in total. The molecule has 1 saturated heterocycles. The molecule has 5 nitrogen and oxygen atoms in total. The summed E-state index contributed by atoms with van der Waals surface area (Å²) in [6, 6.07) is 10.6.